The summed E-state index contributed by atoms with van der Waals surface area (Å²) in [6, 6.07) is 11.5. The second-order valence-electron chi connectivity index (χ2n) is 10.2. The molecule has 1 aromatic heterocycles. The van der Waals surface area contributed by atoms with Crippen molar-refractivity contribution >= 4 is 34.6 Å². The number of aliphatic hydroxyl groups is 1. The molecule has 0 aliphatic rings. The van der Waals surface area contributed by atoms with E-state index in [-0.39, 0.29) is 18.8 Å². The number of carbonyl (C=O) groups is 4. The number of para-hydroxylation sites is 1. The van der Waals surface area contributed by atoms with Gasteiger partial charge in [-0.25, -0.2) is 4.79 Å². The van der Waals surface area contributed by atoms with Gasteiger partial charge < -0.3 is 36.9 Å². The maximum Gasteiger partial charge on any atom is 0.326 e. The smallest absolute Gasteiger partial charge is 0.326 e. The molecule has 11 heteroatoms. The first kappa shape index (κ1) is 30.3. The first-order valence-electron chi connectivity index (χ1n) is 13.1. The number of carbonyl (C=O) groups excluding carboxylic acids is 3. The Balaban J connectivity index is 1.80. The van der Waals surface area contributed by atoms with Crippen molar-refractivity contribution in [2.75, 3.05) is 0 Å². The van der Waals surface area contributed by atoms with Gasteiger partial charge in [-0.2, -0.15) is 0 Å². The summed E-state index contributed by atoms with van der Waals surface area (Å²) in [6.45, 7) is 4.86. The number of aliphatic hydroxyl groups excluding tert-OH is 1. The molecule has 0 saturated carbocycles. The van der Waals surface area contributed by atoms with Gasteiger partial charge in [-0.05, 0) is 30.0 Å². The van der Waals surface area contributed by atoms with Crippen LogP contribution in [0, 0.1) is 5.92 Å². The third-order valence-corrected chi connectivity index (χ3v) is 6.71. The van der Waals surface area contributed by atoms with Crippen molar-refractivity contribution in [2.45, 2.75) is 63.9 Å². The quantitative estimate of drug-likeness (QED) is 0.164. The Hall–Kier alpha value is -4.22. The van der Waals surface area contributed by atoms with E-state index >= 15 is 0 Å². The summed E-state index contributed by atoms with van der Waals surface area (Å²) >= 11 is 0. The van der Waals surface area contributed by atoms with Crippen LogP contribution in [0.15, 0.2) is 60.8 Å². The average Bonchev–Trinajstić information content (AvgIpc) is 3.33. The SMILES string of the molecule is CC(C)C(N)C(=O)NC(Cc1c[nH]c2ccccc12)C(=O)NC(C(=O)NC(Cc1ccccc1)C(=O)O)C(C)O. The summed E-state index contributed by atoms with van der Waals surface area (Å²) in [5.41, 5.74) is 8.30. The molecular formula is C29H37N5O6. The van der Waals surface area contributed by atoms with Crippen LogP contribution in [0.5, 0.6) is 0 Å². The van der Waals surface area contributed by atoms with Crippen molar-refractivity contribution in [1.29, 1.82) is 0 Å². The molecule has 11 nitrogen and oxygen atoms in total. The Morgan fingerprint density at radius 3 is 2.08 bits per heavy atom. The normalized spacial score (nSPS) is 15.1. The van der Waals surface area contributed by atoms with Crippen LogP contribution >= 0.6 is 0 Å². The molecule has 0 aliphatic carbocycles. The van der Waals surface area contributed by atoms with Crippen LogP contribution in [0.4, 0.5) is 0 Å². The lowest BCUT2D eigenvalue weighted by Gasteiger charge is -2.27. The summed E-state index contributed by atoms with van der Waals surface area (Å²) in [5, 5.41) is 28.5. The predicted octanol–water partition coefficient (Wildman–Crippen LogP) is 0.856. The summed E-state index contributed by atoms with van der Waals surface area (Å²) in [7, 11) is 0. The van der Waals surface area contributed by atoms with Crippen molar-refractivity contribution in [3.8, 4) is 0 Å². The fourth-order valence-electron chi connectivity index (χ4n) is 4.27. The summed E-state index contributed by atoms with van der Waals surface area (Å²) in [6.07, 6.45) is 0.456. The van der Waals surface area contributed by atoms with Gasteiger partial charge in [-0.15, -0.1) is 0 Å². The number of hydrogen-bond acceptors (Lipinski definition) is 6. The number of carboxylic acids is 1. The first-order valence-corrected chi connectivity index (χ1v) is 13.1. The Bertz CT molecular complexity index is 1320. The van der Waals surface area contributed by atoms with Crippen LogP contribution in [0.3, 0.4) is 0 Å². The number of benzene rings is 2. The first-order chi connectivity index (χ1) is 19.0. The molecule has 3 amide bonds. The van der Waals surface area contributed by atoms with Crippen molar-refractivity contribution in [3.63, 3.8) is 0 Å². The summed E-state index contributed by atoms with van der Waals surface area (Å²) in [5.74, 6) is -3.60. The fraction of sp³-hybridized carbons (Fsp3) is 0.379. The lowest BCUT2D eigenvalue weighted by molar-refractivity contribution is -0.143. The third kappa shape index (κ3) is 7.90. The van der Waals surface area contributed by atoms with Gasteiger partial charge in [0.05, 0.1) is 12.1 Å². The van der Waals surface area contributed by atoms with Crippen LogP contribution in [0.1, 0.15) is 31.9 Å². The second-order valence-corrected chi connectivity index (χ2v) is 10.2. The van der Waals surface area contributed by atoms with Crippen molar-refractivity contribution in [2.24, 2.45) is 11.7 Å². The molecular weight excluding hydrogens is 514 g/mol. The molecule has 5 atom stereocenters. The van der Waals surface area contributed by atoms with E-state index in [1.807, 2.05) is 24.3 Å². The number of fused-ring (bicyclic) bond motifs is 1. The van der Waals surface area contributed by atoms with Crippen LogP contribution < -0.4 is 21.7 Å². The minimum atomic E-state index is -1.48. The van der Waals surface area contributed by atoms with Crippen molar-refractivity contribution < 1.29 is 29.4 Å². The predicted molar refractivity (Wildman–Crippen MR) is 150 cm³/mol. The number of nitrogens with two attached hydrogens (primary N) is 1. The Morgan fingerprint density at radius 2 is 1.45 bits per heavy atom. The number of aromatic amines is 1. The molecule has 8 N–H and O–H groups in total. The average molecular weight is 552 g/mol. The lowest BCUT2D eigenvalue weighted by atomic mass is 10.0. The number of H-pyrrole nitrogens is 1. The standard InChI is InChI=1S/C29H37N5O6/c1-16(2)24(30)27(37)32-22(14-19-15-31-21-12-8-7-11-20(19)21)26(36)34-25(17(3)35)28(38)33-23(29(39)40)13-18-9-5-4-6-10-18/h4-12,15-17,22-25,31,35H,13-14,30H2,1-3H3,(H,32,37)(H,33,38)(H,34,36)(H,39,40). The van der Waals surface area contributed by atoms with E-state index < -0.39 is 54.0 Å². The zero-order valence-electron chi connectivity index (χ0n) is 22.8. The van der Waals surface area contributed by atoms with Crippen LogP contribution in [0.25, 0.3) is 10.9 Å². The van der Waals surface area contributed by atoms with Crippen LogP contribution in [-0.2, 0) is 32.0 Å². The largest absolute Gasteiger partial charge is 0.480 e. The molecule has 0 bridgehead atoms. The van der Waals surface area contributed by atoms with E-state index in [0.717, 1.165) is 16.5 Å². The number of aromatic nitrogens is 1. The Morgan fingerprint density at radius 1 is 0.825 bits per heavy atom. The van der Waals surface area contributed by atoms with E-state index in [1.54, 1.807) is 50.4 Å². The lowest BCUT2D eigenvalue weighted by Crippen LogP contribution is -2.60. The number of rotatable bonds is 13. The number of carboxylic acid groups (broad SMARTS) is 1. The zero-order valence-corrected chi connectivity index (χ0v) is 22.8. The van der Waals surface area contributed by atoms with E-state index in [4.69, 9.17) is 5.73 Å². The van der Waals surface area contributed by atoms with Crippen LogP contribution in [-0.4, -0.2) is 69.2 Å². The molecule has 214 valence electrons. The maximum absolute atomic E-state index is 13.5. The number of nitrogens with one attached hydrogen (secondary N) is 4. The highest BCUT2D eigenvalue weighted by Crippen LogP contribution is 2.19. The Kier molecular flexibility index (Phi) is 10.4. The van der Waals surface area contributed by atoms with E-state index in [9.17, 15) is 29.4 Å². The highest BCUT2D eigenvalue weighted by atomic mass is 16.4. The van der Waals surface area contributed by atoms with Crippen molar-refractivity contribution in [1.82, 2.24) is 20.9 Å². The van der Waals surface area contributed by atoms with Gasteiger partial charge in [0.1, 0.15) is 18.1 Å². The highest BCUT2D eigenvalue weighted by molar-refractivity contribution is 5.95. The van der Waals surface area contributed by atoms with Gasteiger partial charge in [0, 0.05) is 29.9 Å². The van der Waals surface area contributed by atoms with Gasteiger partial charge in [-0.3, -0.25) is 14.4 Å². The molecule has 0 fully saturated rings. The third-order valence-electron chi connectivity index (χ3n) is 6.71. The van der Waals surface area contributed by atoms with E-state index in [0.29, 0.717) is 5.56 Å². The molecule has 0 spiro atoms. The monoisotopic (exact) mass is 551 g/mol. The molecule has 0 radical (unpaired) electrons. The van der Waals surface area contributed by atoms with Crippen LogP contribution in [0.2, 0.25) is 0 Å². The summed E-state index contributed by atoms with van der Waals surface area (Å²) in [4.78, 5) is 54.4. The highest BCUT2D eigenvalue weighted by Gasteiger charge is 2.33. The topological polar surface area (TPSA) is 187 Å². The molecule has 5 unspecified atom stereocenters. The summed E-state index contributed by atoms with van der Waals surface area (Å²) < 4.78 is 0. The minimum absolute atomic E-state index is 0.00866. The molecule has 0 aliphatic heterocycles. The molecule has 3 rings (SSSR count). The molecule has 40 heavy (non-hydrogen) atoms. The van der Waals surface area contributed by atoms with Gasteiger partial charge in [0.2, 0.25) is 17.7 Å². The van der Waals surface area contributed by atoms with E-state index in [1.165, 1.54) is 6.92 Å². The molecule has 3 aromatic rings. The maximum atomic E-state index is 13.5. The van der Waals surface area contributed by atoms with Crippen molar-refractivity contribution in [3.05, 3.63) is 71.9 Å². The van der Waals surface area contributed by atoms with Gasteiger partial charge in [0.25, 0.3) is 0 Å². The van der Waals surface area contributed by atoms with Gasteiger partial charge in [-0.1, -0.05) is 62.4 Å². The Labute approximate surface area is 232 Å². The zero-order chi connectivity index (χ0) is 29.4. The number of amides is 3. The minimum Gasteiger partial charge on any atom is -0.480 e. The van der Waals surface area contributed by atoms with Gasteiger partial charge in [0.15, 0.2) is 0 Å². The molecule has 0 saturated heterocycles. The fourth-order valence-corrected chi connectivity index (χ4v) is 4.27. The van der Waals surface area contributed by atoms with Gasteiger partial charge >= 0.3 is 5.97 Å². The molecule has 1 heterocycles. The number of aliphatic carboxylic acids is 1. The molecule has 2 aromatic carbocycles. The second kappa shape index (κ2) is 13.7. The number of hydrogen-bond donors (Lipinski definition) is 7. The van der Waals surface area contributed by atoms with E-state index in [2.05, 4.69) is 20.9 Å².